The standard InChI is InChI=1S/C26H25N3O4/c1-3-32-21-11-7-19(8-12-21)23-24(28-20-9-13-22(14-10-20)33-4-2)26(31)29(25(23)30)17-18-6-5-15-27-16-18/h5-16,28H,3-4,17H2,1-2H3. The Bertz CT molecular complexity index is 1160. The van der Waals surface area contributed by atoms with Gasteiger partial charge in [0.15, 0.2) is 0 Å². The number of hydrogen-bond acceptors (Lipinski definition) is 6. The zero-order valence-corrected chi connectivity index (χ0v) is 18.6. The van der Waals surface area contributed by atoms with Crippen LogP contribution in [0.5, 0.6) is 11.5 Å². The molecule has 2 amide bonds. The van der Waals surface area contributed by atoms with Gasteiger partial charge in [0.1, 0.15) is 17.2 Å². The second-order valence-corrected chi connectivity index (χ2v) is 7.35. The maximum atomic E-state index is 13.4. The summed E-state index contributed by atoms with van der Waals surface area (Å²) in [5, 5.41) is 3.16. The third-order valence-corrected chi connectivity index (χ3v) is 5.12. The average molecular weight is 444 g/mol. The molecule has 0 spiro atoms. The molecule has 1 aliphatic rings. The Morgan fingerprint density at radius 2 is 1.48 bits per heavy atom. The number of carbonyl (C=O) groups is 2. The van der Waals surface area contributed by atoms with Crippen LogP contribution in [0.15, 0.2) is 78.8 Å². The van der Waals surface area contributed by atoms with Crippen molar-refractivity contribution in [1.29, 1.82) is 0 Å². The highest BCUT2D eigenvalue weighted by molar-refractivity contribution is 6.36. The number of aromatic nitrogens is 1. The summed E-state index contributed by atoms with van der Waals surface area (Å²) in [6.45, 7) is 5.07. The molecule has 7 heteroatoms. The van der Waals surface area contributed by atoms with Crippen LogP contribution in [0.2, 0.25) is 0 Å². The van der Waals surface area contributed by atoms with E-state index in [9.17, 15) is 9.59 Å². The molecule has 0 aliphatic carbocycles. The number of rotatable bonds is 9. The van der Waals surface area contributed by atoms with Crippen molar-refractivity contribution in [1.82, 2.24) is 9.88 Å². The Kier molecular flexibility index (Phi) is 6.69. The average Bonchev–Trinajstić information content (AvgIpc) is 3.06. The fourth-order valence-electron chi connectivity index (χ4n) is 3.61. The van der Waals surface area contributed by atoms with Gasteiger partial charge in [-0.05, 0) is 67.4 Å². The summed E-state index contributed by atoms with van der Waals surface area (Å²) in [5.41, 5.74) is 2.64. The molecular formula is C26H25N3O4. The van der Waals surface area contributed by atoms with Gasteiger partial charge in [0.2, 0.25) is 0 Å². The Morgan fingerprint density at radius 1 is 0.848 bits per heavy atom. The number of amides is 2. The lowest BCUT2D eigenvalue weighted by Gasteiger charge is -2.15. The van der Waals surface area contributed by atoms with Crippen LogP contribution in [0.1, 0.15) is 25.0 Å². The summed E-state index contributed by atoms with van der Waals surface area (Å²) in [4.78, 5) is 32.1. The fourth-order valence-corrected chi connectivity index (χ4v) is 3.61. The first kappa shape index (κ1) is 22.1. The molecule has 0 bridgehead atoms. The summed E-state index contributed by atoms with van der Waals surface area (Å²) in [5.74, 6) is 0.686. The number of carbonyl (C=O) groups excluding carboxylic acids is 2. The molecule has 168 valence electrons. The Hall–Kier alpha value is -4.13. The summed E-state index contributed by atoms with van der Waals surface area (Å²) >= 11 is 0. The zero-order valence-electron chi connectivity index (χ0n) is 18.6. The van der Waals surface area contributed by atoms with Crippen molar-refractivity contribution in [3.05, 3.63) is 89.9 Å². The van der Waals surface area contributed by atoms with Gasteiger partial charge < -0.3 is 14.8 Å². The second kappa shape index (κ2) is 9.99. The van der Waals surface area contributed by atoms with E-state index in [0.29, 0.717) is 35.8 Å². The molecule has 1 aromatic heterocycles. The van der Waals surface area contributed by atoms with Crippen molar-refractivity contribution < 1.29 is 19.1 Å². The van der Waals surface area contributed by atoms with Gasteiger partial charge in [-0.3, -0.25) is 19.5 Å². The van der Waals surface area contributed by atoms with Gasteiger partial charge in [-0.2, -0.15) is 0 Å². The van der Waals surface area contributed by atoms with Crippen molar-refractivity contribution in [2.24, 2.45) is 0 Å². The maximum Gasteiger partial charge on any atom is 0.278 e. The van der Waals surface area contributed by atoms with E-state index in [4.69, 9.17) is 9.47 Å². The zero-order chi connectivity index (χ0) is 23.2. The number of benzene rings is 2. The predicted molar refractivity (Wildman–Crippen MR) is 126 cm³/mol. The molecule has 4 rings (SSSR count). The van der Waals surface area contributed by atoms with Crippen LogP contribution in [0.4, 0.5) is 5.69 Å². The lowest BCUT2D eigenvalue weighted by molar-refractivity contribution is -0.137. The molecule has 0 radical (unpaired) electrons. The maximum absolute atomic E-state index is 13.4. The molecule has 7 nitrogen and oxygen atoms in total. The highest BCUT2D eigenvalue weighted by Crippen LogP contribution is 2.32. The van der Waals surface area contributed by atoms with Crippen molar-refractivity contribution in [2.75, 3.05) is 18.5 Å². The SMILES string of the molecule is CCOc1ccc(NC2=C(c3ccc(OCC)cc3)C(=O)N(Cc3cccnc3)C2=O)cc1. The van der Waals surface area contributed by atoms with Crippen molar-refractivity contribution in [3.63, 3.8) is 0 Å². The number of ether oxygens (including phenoxy) is 2. The molecule has 0 unspecified atom stereocenters. The highest BCUT2D eigenvalue weighted by Gasteiger charge is 2.39. The fraction of sp³-hybridized carbons (Fsp3) is 0.192. The van der Waals surface area contributed by atoms with Crippen molar-refractivity contribution in [3.8, 4) is 11.5 Å². The van der Waals surface area contributed by atoms with Gasteiger partial charge in [0, 0.05) is 18.1 Å². The van der Waals surface area contributed by atoms with Crippen LogP contribution in [0.3, 0.4) is 0 Å². The van der Waals surface area contributed by atoms with Gasteiger partial charge >= 0.3 is 0 Å². The topological polar surface area (TPSA) is 80.8 Å². The van der Waals surface area contributed by atoms with E-state index in [1.807, 2.05) is 44.2 Å². The third-order valence-electron chi connectivity index (χ3n) is 5.12. The summed E-state index contributed by atoms with van der Waals surface area (Å²) in [6.07, 6.45) is 3.30. The smallest absolute Gasteiger partial charge is 0.278 e. The highest BCUT2D eigenvalue weighted by atomic mass is 16.5. The Labute approximate surface area is 192 Å². The molecule has 1 N–H and O–H groups in total. The number of hydrogen-bond donors (Lipinski definition) is 1. The second-order valence-electron chi connectivity index (χ2n) is 7.35. The van der Waals surface area contributed by atoms with Crippen LogP contribution < -0.4 is 14.8 Å². The molecule has 0 saturated carbocycles. The summed E-state index contributed by atoms with van der Waals surface area (Å²) in [6, 6.07) is 18.0. The quantitative estimate of drug-likeness (QED) is 0.498. The molecule has 2 heterocycles. The van der Waals surface area contributed by atoms with Crippen LogP contribution in [0, 0.1) is 0 Å². The first-order valence-corrected chi connectivity index (χ1v) is 10.8. The molecule has 1 aliphatic heterocycles. The van der Waals surface area contributed by atoms with E-state index in [1.54, 1.807) is 42.7 Å². The third kappa shape index (κ3) is 4.87. The van der Waals surface area contributed by atoms with Crippen LogP contribution in [-0.4, -0.2) is 34.9 Å². The van der Waals surface area contributed by atoms with Crippen LogP contribution in [0.25, 0.3) is 5.57 Å². The molecule has 0 fully saturated rings. The molecule has 0 atom stereocenters. The number of anilines is 1. The van der Waals surface area contributed by atoms with Crippen molar-refractivity contribution >= 4 is 23.1 Å². The van der Waals surface area contributed by atoms with Gasteiger partial charge in [-0.15, -0.1) is 0 Å². The summed E-state index contributed by atoms with van der Waals surface area (Å²) in [7, 11) is 0. The largest absolute Gasteiger partial charge is 0.494 e. The van der Waals surface area contributed by atoms with Crippen LogP contribution in [-0.2, 0) is 16.1 Å². The van der Waals surface area contributed by atoms with E-state index < -0.39 is 0 Å². The first-order chi connectivity index (χ1) is 16.1. The summed E-state index contributed by atoms with van der Waals surface area (Å²) < 4.78 is 11.0. The van der Waals surface area contributed by atoms with Gasteiger partial charge in [0.05, 0.1) is 25.3 Å². The van der Waals surface area contributed by atoms with Gasteiger partial charge in [-0.25, -0.2) is 0 Å². The predicted octanol–water partition coefficient (Wildman–Crippen LogP) is 4.27. The lowest BCUT2D eigenvalue weighted by Crippen LogP contribution is -2.32. The number of nitrogens with zero attached hydrogens (tertiary/aromatic N) is 2. The minimum Gasteiger partial charge on any atom is -0.494 e. The van der Waals surface area contributed by atoms with Gasteiger partial charge in [-0.1, -0.05) is 18.2 Å². The van der Waals surface area contributed by atoms with Crippen molar-refractivity contribution in [2.45, 2.75) is 20.4 Å². The van der Waals surface area contributed by atoms with E-state index in [2.05, 4.69) is 10.3 Å². The lowest BCUT2D eigenvalue weighted by atomic mass is 10.0. The van der Waals surface area contributed by atoms with Gasteiger partial charge in [0.25, 0.3) is 11.8 Å². The van der Waals surface area contributed by atoms with E-state index in [0.717, 1.165) is 11.3 Å². The molecule has 2 aromatic carbocycles. The number of nitrogens with one attached hydrogen (secondary N) is 1. The normalized spacial score (nSPS) is 13.5. The number of pyridine rings is 1. The minimum atomic E-state index is -0.387. The number of imide groups is 1. The molecule has 3 aromatic rings. The van der Waals surface area contributed by atoms with E-state index in [-0.39, 0.29) is 24.1 Å². The Balaban J connectivity index is 1.68. The molecular weight excluding hydrogens is 418 g/mol. The molecule has 0 saturated heterocycles. The van der Waals surface area contributed by atoms with E-state index in [1.165, 1.54) is 4.90 Å². The monoisotopic (exact) mass is 443 g/mol. The van der Waals surface area contributed by atoms with Crippen LogP contribution >= 0.6 is 0 Å². The minimum absolute atomic E-state index is 0.139. The Morgan fingerprint density at radius 3 is 2.06 bits per heavy atom. The first-order valence-electron chi connectivity index (χ1n) is 10.8. The molecule has 33 heavy (non-hydrogen) atoms. The van der Waals surface area contributed by atoms with E-state index >= 15 is 0 Å².